The number of pyridine rings is 1. The number of aliphatic hydroxyl groups is 1. The standard InChI is InChI=1S/C19H25F2N3O3/c20-19(21)10-24(11-19)14-7-8-16(27-9-12-5-6-12)23-17(14)18(26)22-13-3-1-2-4-15(13)25/h7-8,12-13,15,25H,1-6,9-11H2,(H,22,26). The van der Waals surface area contributed by atoms with Gasteiger partial charge in [-0.25, -0.2) is 13.8 Å². The lowest BCUT2D eigenvalue weighted by Gasteiger charge is -2.41. The molecule has 0 aromatic carbocycles. The molecule has 4 rings (SSSR count). The summed E-state index contributed by atoms with van der Waals surface area (Å²) in [6.45, 7) is -0.302. The Balaban J connectivity index is 1.52. The summed E-state index contributed by atoms with van der Waals surface area (Å²) in [5, 5.41) is 12.9. The average Bonchev–Trinajstić information content (AvgIpc) is 3.44. The van der Waals surface area contributed by atoms with Gasteiger partial charge in [-0.05, 0) is 37.7 Å². The maximum absolute atomic E-state index is 13.3. The van der Waals surface area contributed by atoms with Crippen LogP contribution >= 0.6 is 0 Å². The summed E-state index contributed by atoms with van der Waals surface area (Å²) in [4.78, 5) is 18.6. The number of alkyl halides is 2. The van der Waals surface area contributed by atoms with Crippen LogP contribution in [-0.2, 0) is 0 Å². The Bertz CT molecular complexity index is 703. The summed E-state index contributed by atoms with van der Waals surface area (Å²) in [7, 11) is 0. The van der Waals surface area contributed by atoms with Crippen LogP contribution in [0.4, 0.5) is 14.5 Å². The predicted molar refractivity (Wildman–Crippen MR) is 95.3 cm³/mol. The largest absolute Gasteiger partial charge is 0.477 e. The SMILES string of the molecule is O=C(NC1CCCCC1O)c1nc(OCC2CC2)ccc1N1CC(F)(F)C1. The van der Waals surface area contributed by atoms with Crippen molar-refractivity contribution in [1.29, 1.82) is 0 Å². The lowest BCUT2D eigenvalue weighted by molar-refractivity contribution is -0.0263. The van der Waals surface area contributed by atoms with Crippen molar-refractivity contribution in [2.75, 3.05) is 24.6 Å². The van der Waals surface area contributed by atoms with Gasteiger partial charge in [0, 0.05) is 6.07 Å². The number of aliphatic hydroxyl groups excluding tert-OH is 1. The molecule has 1 aromatic rings. The molecular formula is C19H25F2N3O3. The maximum atomic E-state index is 13.3. The predicted octanol–water partition coefficient (Wildman–Crippen LogP) is 2.36. The Morgan fingerprint density at radius 3 is 2.67 bits per heavy atom. The van der Waals surface area contributed by atoms with E-state index in [1.807, 2.05) is 0 Å². The fourth-order valence-corrected chi connectivity index (χ4v) is 3.62. The van der Waals surface area contributed by atoms with Gasteiger partial charge in [0.25, 0.3) is 11.8 Å². The van der Waals surface area contributed by atoms with Gasteiger partial charge in [0.2, 0.25) is 5.88 Å². The smallest absolute Gasteiger partial charge is 0.282 e. The zero-order valence-corrected chi connectivity index (χ0v) is 15.2. The Morgan fingerprint density at radius 2 is 2.00 bits per heavy atom. The number of hydrogen-bond acceptors (Lipinski definition) is 5. The van der Waals surface area contributed by atoms with E-state index in [2.05, 4.69) is 10.3 Å². The van der Waals surface area contributed by atoms with E-state index in [-0.39, 0.29) is 11.7 Å². The molecule has 0 radical (unpaired) electrons. The van der Waals surface area contributed by atoms with Crippen LogP contribution in [0.3, 0.4) is 0 Å². The molecule has 3 aliphatic rings. The molecule has 1 amide bonds. The maximum Gasteiger partial charge on any atom is 0.282 e. The van der Waals surface area contributed by atoms with E-state index < -0.39 is 31.0 Å². The molecule has 148 valence electrons. The summed E-state index contributed by atoms with van der Waals surface area (Å²) in [6, 6.07) is 2.91. The molecule has 2 atom stereocenters. The lowest BCUT2D eigenvalue weighted by Crippen LogP contribution is -2.57. The van der Waals surface area contributed by atoms with Gasteiger partial charge in [0.05, 0.1) is 37.5 Å². The van der Waals surface area contributed by atoms with E-state index in [0.717, 1.165) is 25.7 Å². The highest BCUT2D eigenvalue weighted by molar-refractivity contribution is 5.98. The molecule has 2 N–H and O–H groups in total. The van der Waals surface area contributed by atoms with Crippen molar-refractivity contribution >= 4 is 11.6 Å². The van der Waals surface area contributed by atoms with E-state index in [0.29, 0.717) is 36.9 Å². The first-order valence-electron chi connectivity index (χ1n) is 9.67. The van der Waals surface area contributed by atoms with Crippen LogP contribution < -0.4 is 15.0 Å². The molecule has 1 aliphatic heterocycles. The molecule has 1 aromatic heterocycles. The molecule has 2 unspecified atom stereocenters. The lowest BCUT2D eigenvalue weighted by atomic mass is 9.92. The molecule has 2 saturated carbocycles. The second-order valence-electron chi connectivity index (χ2n) is 7.92. The van der Waals surface area contributed by atoms with E-state index in [4.69, 9.17) is 4.74 Å². The van der Waals surface area contributed by atoms with Crippen molar-refractivity contribution in [2.24, 2.45) is 5.92 Å². The second-order valence-corrected chi connectivity index (χ2v) is 7.92. The average molecular weight is 381 g/mol. The first kappa shape index (κ1) is 18.4. The monoisotopic (exact) mass is 381 g/mol. The second kappa shape index (κ2) is 7.22. The Hall–Kier alpha value is -1.96. The summed E-state index contributed by atoms with van der Waals surface area (Å²) in [5.41, 5.74) is 0.457. The third kappa shape index (κ3) is 4.31. The molecule has 0 spiro atoms. The van der Waals surface area contributed by atoms with Crippen molar-refractivity contribution in [1.82, 2.24) is 10.3 Å². The van der Waals surface area contributed by atoms with Crippen LogP contribution in [0.1, 0.15) is 49.0 Å². The number of hydrogen-bond donors (Lipinski definition) is 2. The van der Waals surface area contributed by atoms with Crippen molar-refractivity contribution in [3.63, 3.8) is 0 Å². The van der Waals surface area contributed by atoms with E-state index in [1.165, 1.54) is 4.90 Å². The van der Waals surface area contributed by atoms with Gasteiger partial charge >= 0.3 is 0 Å². The van der Waals surface area contributed by atoms with Gasteiger partial charge in [0.15, 0.2) is 5.69 Å². The molecule has 2 heterocycles. The van der Waals surface area contributed by atoms with Crippen molar-refractivity contribution in [3.8, 4) is 5.88 Å². The van der Waals surface area contributed by atoms with Crippen LogP contribution in [0.15, 0.2) is 12.1 Å². The molecule has 2 aliphatic carbocycles. The first-order chi connectivity index (χ1) is 12.9. The van der Waals surface area contributed by atoms with Gasteiger partial charge in [0.1, 0.15) is 0 Å². The Morgan fingerprint density at radius 1 is 1.26 bits per heavy atom. The molecule has 6 nitrogen and oxygen atoms in total. The zero-order valence-electron chi connectivity index (χ0n) is 15.2. The zero-order chi connectivity index (χ0) is 19.0. The third-order valence-electron chi connectivity index (χ3n) is 5.46. The number of aromatic nitrogens is 1. The van der Waals surface area contributed by atoms with Gasteiger partial charge < -0.3 is 20.1 Å². The quantitative estimate of drug-likeness (QED) is 0.791. The highest BCUT2D eigenvalue weighted by Gasteiger charge is 2.45. The Labute approximate surface area is 156 Å². The number of nitrogens with one attached hydrogen (secondary N) is 1. The molecule has 0 bridgehead atoms. The van der Waals surface area contributed by atoms with E-state index >= 15 is 0 Å². The summed E-state index contributed by atoms with van der Waals surface area (Å²) in [6.07, 6.45) is 4.89. The minimum atomic E-state index is -2.74. The van der Waals surface area contributed by atoms with Crippen molar-refractivity contribution in [2.45, 2.75) is 56.6 Å². The first-order valence-corrected chi connectivity index (χ1v) is 9.67. The fourth-order valence-electron chi connectivity index (χ4n) is 3.62. The van der Waals surface area contributed by atoms with Gasteiger partial charge in [-0.1, -0.05) is 12.8 Å². The number of carbonyl (C=O) groups is 1. The summed E-state index contributed by atoms with van der Waals surface area (Å²) >= 11 is 0. The highest BCUT2D eigenvalue weighted by Crippen LogP contribution is 2.35. The Kier molecular flexibility index (Phi) is 4.92. The number of nitrogens with zero attached hydrogens (tertiary/aromatic N) is 2. The molecule has 1 saturated heterocycles. The van der Waals surface area contributed by atoms with Crippen LogP contribution in [0.2, 0.25) is 0 Å². The third-order valence-corrected chi connectivity index (χ3v) is 5.46. The van der Waals surface area contributed by atoms with Crippen LogP contribution in [0.25, 0.3) is 0 Å². The molecular weight excluding hydrogens is 356 g/mol. The number of amides is 1. The topological polar surface area (TPSA) is 74.7 Å². The fraction of sp³-hybridized carbons (Fsp3) is 0.684. The van der Waals surface area contributed by atoms with Crippen molar-refractivity contribution in [3.05, 3.63) is 17.8 Å². The number of rotatable bonds is 6. The summed E-state index contributed by atoms with van der Waals surface area (Å²) in [5.74, 6) is -2.33. The molecule has 3 fully saturated rings. The number of ether oxygens (including phenoxy) is 1. The van der Waals surface area contributed by atoms with Crippen LogP contribution in [0, 0.1) is 5.92 Å². The van der Waals surface area contributed by atoms with E-state index in [9.17, 15) is 18.7 Å². The summed E-state index contributed by atoms with van der Waals surface area (Å²) < 4.78 is 32.3. The van der Waals surface area contributed by atoms with Crippen molar-refractivity contribution < 1.29 is 23.4 Å². The van der Waals surface area contributed by atoms with Crippen LogP contribution in [0.5, 0.6) is 5.88 Å². The number of halogens is 2. The number of anilines is 1. The van der Waals surface area contributed by atoms with Crippen LogP contribution in [-0.4, -0.2) is 53.8 Å². The van der Waals surface area contributed by atoms with Gasteiger partial charge in [-0.2, -0.15) is 0 Å². The normalized spacial score (nSPS) is 27.0. The van der Waals surface area contributed by atoms with Gasteiger partial charge in [-0.3, -0.25) is 4.79 Å². The minimum Gasteiger partial charge on any atom is -0.477 e. The minimum absolute atomic E-state index is 0.0802. The molecule has 8 heteroatoms. The van der Waals surface area contributed by atoms with E-state index in [1.54, 1.807) is 12.1 Å². The molecule has 27 heavy (non-hydrogen) atoms. The highest BCUT2D eigenvalue weighted by atomic mass is 19.3. The van der Waals surface area contributed by atoms with Gasteiger partial charge in [-0.15, -0.1) is 0 Å². The number of carbonyl (C=O) groups excluding carboxylic acids is 1.